The molecule has 0 saturated carbocycles. The molecule has 0 radical (unpaired) electrons. The SMILES string of the molecule is CC(C)CC[C@@H](c1ccccc1C(F)(F)F)N1CCNCC1.Cl.Cl. The van der Waals surface area contributed by atoms with E-state index in [0.29, 0.717) is 11.5 Å². The van der Waals surface area contributed by atoms with Gasteiger partial charge in [0.05, 0.1) is 5.56 Å². The van der Waals surface area contributed by atoms with Gasteiger partial charge in [0.15, 0.2) is 0 Å². The quantitative estimate of drug-likeness (QED) is 0.771. The van der Waals surface area contributed by atoms with Crippen molar-refractivity contribution in [3.8, 4) is 0 Å². The maximum Gasteiger partial charge on any atom is 0.416 e. The average molecular weight is 387 g/mol. The van der Waals surface area contributed by atoms with E-state index in [9.17, 15) is 13.2 Å². The molecule has 1 N–H and O–H groups in total. The van der Waals surface area contributed by atoms with Crippen molar-refractivity contribution in [2.24, 2.45) is 5.92 Å². The second-order valence-corrected chi connectivity index (χ2v) is 6.36. The predicted octanol–water partition coefficient (Wildman–Crippen LogP) is 4.93. The van der Waals surface area contributed by atoms with E-state index in [0.717, 1.165) is 39.0 Å². The number of halogens is 5. The summed E-state index contributed by atoms with van der Waals surface area (Å²) in [5.74, 6) is 0.489. The number of hydrogen-bond acceptors (Lipinski definition) is 2. The fraction of sp³-hybridized carbons (Fsp3) is 0.647. The molecular formula is C17H27Cl2F3N2. The van der Waals surface area contributed by atoms with Gasteiger partial charge in [-0.05, 0) is 30.4 Å². The molecule has 1 fully saturated rings. The van der Waals surface area contributed by atoms with Crippen LogP contribution in [0.4, 0.5) is 13.2 Å². The first-order valence-electron chi connectivity index (χ1n) is 8.00. The minimum Gasteiger partial charge on any atom is -0.314 e. The summed E-state index contributed by atoms with van der Waals surface area (Å²) in [6.45, 7) is 7.51. The summed E-state index contributed by atoms with van der Waals surface area (Å²) in [7, 11) is 0. The lowest BCUT2D eigenvalue weighted by Gasteiger charge is -2.36. The smallest absolute Gasteiger partial charge is 0.314 e. The number of alkyl halides is 3. The van der Waals surface area contributed by atoms with Gasteiger partial charge in [-0.1, -0.05) is 32.0 Å². The van der Waals surface area contributed by atoms with Crippen molar-refractivity contribution in [3.63, 3.8) is 0 Å². The third kappa shape index (κ3) is 6.43. The van der Waals surface area contributed by atoms with Crippen LogP contribution in [-0.2, 0) is 6.18 Å². The van der Waals surface area contributed by atoms with Crippen molar-refractivity contribution in [3.05, 3.63) is 35.4 Å². The normalized spacial score (nSPS) is 17.1. The first kappa shape index (κ1) is 23.5. The van der Waals surface area contributed by atoms with Gasteiger partial charge in [-0.2, -0.15) is 13.2 Å². The van der Waals surface area contributed by atoms with Crippen molar-refractivity contribution in [2.75, 3.05) is 26.2 Å². The molecule has 1 heterocycles. The summed E-state index contributed by atoms with van der Waals surface area (Å²) in [5, 5.41) is 3.27. The molecule has 2 rings (SSSR count). The summed E-state index contributed by atoms with van der Waals surface area (Å²) < 4.78 is 40.0. The van der Waals surface area contributed by atoms with Crippen molar-refractivity contribution in [2.45, 2.75) is 38.9 Å². The van der Waals surface area contributed by atoms with Crippen LogP contribution >= 0.6 is 24.8 Å². The lowest BCUT2D eigenvalue weighted by Crippen LogP contribution is -2.45. The summed E-state index contributed by atoms with van der Waals surface area (Å²) in [4.78, 5) is 2.20. The molecule has 24 heavy (non-hydrogen) atoms. The molecule has 1 atom stereocenters. The van der Waals surface area contributed by atoms with Gasteiger partial charge >= 0.3 is 6.18 Å². The lowest BCUT2D eigenvalue weighted by molar-refractivity contribution is -0.138. The number of hydrogen-bond donors (Lipinski definition) is 1. The van der Waals surface area contributed by atoms with Crippen LogP contribution in [-0.4, -0.2) is 31.1 Å². The molecule has 2 nitrogen and oxygen atoms in total. The second kappa shape index (κ2) is 10.5. The first-order chi connectivity index (χ1) is 10.4. The highest BCUT2D eigenvalue weighted by molar-refractivity contribution is 5.85. The molecule has 1 saturated heterocycles. The maximum absolute atomic E-state index is 13.3. The van der Waals surface area contributed by atoms with Crippen LogP contribution in [0.25, 0.3) is 0 Å². The van der Waals surface area contributed by atoms with Gasteiger partial charge in [0, 0.05) is 32.2 Å². The fourth-order valence-electron chi connectivity index (χ4n) is 3.07. The highest BCUT2D eigenvalue weighted by Crippen LogP contribution is 2.38. The van der Waals surface area contributed by atoms with E-state index in [2.05, 4.69) is 24.1 Å². The zero-order valence-electron chi connectivity index (χ0n) is 14.1. The monoisotopic (exact) mass is 386 g/mol. The number of piperazine rings is 1. The topological polar surface area (TPSA) is 15.3 Å². The van der Waals surface area contributed by atoms with E-state index >= 15 is 0 Å². The van der Waals surface area contributed by atoms with E-state index in [-0.39, 0.29) is 30.9 Å². The molecule has 1 aromatic carbocycles. The molecule has 1 aliphatic heterocycles. The Kier molecular flexibility index (Phi) is 10.3. The number of benzene rings is 1. The van der Waals surface area contributed by atoms with Gasteiger partial charge < -0.3 is 5.32 Å². The summed E-state index contributed by atoms with van der Waals surface area (Å²) >= 11 is 0. The minimum atomic E-state index is -4.29. The van der Waals surface area contributed by atoms with Gasteiger partial charge in [0.1, 0.15) is 0 Å². The third-order valence-electron chi connectivity index (χ3n) is 4.24. The first-order valence-corrected chi connectivity index (χ1v) is 8.00. The molecule has 0 unspecified atom stereocenters. The van der Waals surface area contributed by atoms with Gasteiger partial charge in [0.2, 0.25) is 0 Å². The summed E-state index contributed by atoms with van der Waals surface area (Å²) in [6, 6.07) is 5.90. The zero-order chi connectivity index (χ0) is 16.2. The molecule has 1 aliphatic rings. The molecular weight excluding hydrogens is 360 g/mol. The van der Waals surface area contributed by atoms with Crippen LogP contribution in [0.2, 0.25) is 0 Å². The number of nitrogens with one attached hydrogen (secondary N) is 1. The van der Waals surface area contributed by atoms with Crippen LogP contribution in [0.15, 0.2) is 24.3 Å². The fourth-order valence-corrected chi connectivity index (χ4v) is 3.07. The Morgan fingerprint density at radius 2 is 1.62 bits per heavy atom. The largest absolute Gasteiger partial charge is 0.416 e. The minimum absolute atomic E-state index is 0. The van der Waals surface area contributed by atoms with Crippen molar-refractivity contribution in [1.82, 2.24) is 10.2 Å². The Morgan fingerprint density at radius 1 is 1.04 bits per heavy atom. The zero-order valence-corrected chi connectivity index (χ0v) is 15.7. The molecule has 0 aromatic heterocycles. The van der Waals surface area contributed by atoms with Crippen LogP contribution in [0.1, 0.15) is 43.9 Å². The van der Waals surface area contributed by atoms with E-state index in [1.807, 2.05) is 0 Å². The average Bonchev–Trinajstić information content (AvgIpc) is 2.48. The van der Waals surface area contributed by atoms with Gasteiger partial charge in [-0.15, -0.1) is 24.8 Å². The molecule has 0 amide bonds. The van der Waals surface area contributed by atoms with Crippen molar-refractivity contribution in [1.29, 1.82) is 0 Å². The highest BCUT2D eigenvalue weighted by atomic mass is 35.5. The summed E-state index contributed by atoms with van der Waals surface area (Å²) in [5.41, 5.74) is -0.0557. The Bertz CT molecular complexity index is 475. The molecule has 0 aliphatic carbocycles. The van der Waals surface area contributed by atoms with Crippen LogP contribution < -0.4 is 5.32 Å². The maximum atomic E-state index is 13.3. The van der Waals surface area contributed by atoms with E-state index < -0.39 is 11.7 Å². The molecule has 7 heteroatoms. The van der Waals surface area contributed by atoms with Crippen LogP contribution in [0.5, 0.6) is 0 Å². The third-order valence-corrected chi connectivity index (χ3v) is 4.24. The molecule has 140 valence electrons. The van der Waals surface area contributed by atoms with Crippen molar-refractivity contribution >= 4 is 24.8 Å². The lowest BCUT2D eigenvalue weighted by atomic mass is 9.92. The van der Waals surface area contributed by atoms with E-state index in [1.54, 1.807) is 12.1 Å². The van der Waals surface area contributed by atoms with Gasteiger partial charge in [-0.3, -0.25) is 4.90 Å². The summed E-state index contributed by atoms with van der Waals surface area (Å²) in [6.07, 6.45) is -2.59. The Hall–Kier alpha value is -0.490. The van der Waals surface area contributed by atoms with Crippen LogP contribution in [0.3, 0.4) is 0 Å². The number of rotatable bonds is 5. The van der Waals surface area contributed by atoms with Gasteiger partial charge in [-0.25, -0.2) is 0 Å². The van der Waals surface area contributed by atoms with Gasteiger partial charge in [0.25, 0.3) is 0 Å². The van der Waals surface area contributed by atoms with Crippen LogP contribution in [0, 0.1) is 5.92 Å². The second-order valence-electron chi connectivity index (χ2n) is 6.36. The Balaban J connectivity index is 0.00000264. The van der Waals surface area contributed by atoms with E-state index in [1.165, 1.54) is 12.1 Å². The molecule has 0 spiro atoms. The molecule has 0 bridgehead atoms. The molecule has 1 aromatic rings. The number of nitrogens with zero attached hydrogens (tertiary/aromatic N) is 1. The standard InChI is InChI=1S/C17H25F3N2.2ClH/c1-13(2)7-8-16(22-11-9-21-10-12-22)14-5-3-4-6-15(14)17(18,19)20;;/h3-6,13,16,21H,7-12H2,1-2H3;2*1H/t16-;;/m0../s1. The Morgan fingerprint density at radius 3 is 2.17 bits per heavy atom. The predicted molar refractivity (Wildman–Crippen MR) is 97.2 cm³/mol. The van der Waals surface area contributed by atoms with Crippen molar-refractivity contribution < 1.29 is 13.2 Å². The Labute approximate surface area is 155 Å². The van der Waals surface area contributed by atoms with E-state index in [4.69, 9.17) is 0 Å². The highest BCUT2D eigenvalue weighted by Gasteiger charge is 2.36.